The zero-order chi connectivity index (χ0) is 25.8. The van der Waals surface area contributed by atoms with Crippen LogP contribution >= 0.6 is 0 Å². The second-order valence-corrected chi connectivity index (χ2v) is 9.61. The van der Waals surface area contributed by atoms with Crippen molar-refractivity contribution >= 4 is 27.3 Å². The third-order valence-corrected chi connectivity index (χ3v) is 7.51. The van der Waals surface area contributed by atoms with Gasteiger partial charge < -0.3 is 0 Å². The zero-order valence-electron chi connectivity index (χ0n) is 20.3. The predicted molar refractivity (Wildman–Crippen MR) is 153 cm³/mol. The monoisotopic (exact) mass is 481 g/mol. The number of nitrogens with one attached hydrogen (secondary N) is 1. The van der Waals surface area contributed by atoms with Crippen LogP contribution in [0.15, 0.2) is 109 Å². The Balaban J connectivity index is 1.45. The van der Waals surface area contributed by atoms with Gasteiger partial charge in [0.25, 0.3) is 0 Å². The smallest absolute Gasteiger partial charge is 0.0998 e. The van der Waals surface area contributed by atoms with Crippen molar-refractivity contribution in [1.29, 1.82) is 15.9 Å². The van der Waals surface area contributed by atoms with Crippen LogP contribution < -0.4 is 0 Å². The van der Waals surface area contributed by atoms with Crippen LogP contribution in [0.3, 0.4) is 0 Å². The Hall–Kier alpha value is -5.51. The van der Waals surface area contributed by atoms with Gasteiger partial charge in [0.15, 0.2) is 0 Å². The summed E-state index contributed by atoms with van der Waals surface area (Å²) < 4.78 is 0. The standard InChI is InChI=1S/C35H19N3/c36-19-27-15-33-31(17-29(27)25-11-9-21-5-1-3-7-23(21)13-25)32-18-30(28(20-37)16-34(32)35(33)38)26-12-10-22-6-2-4-8-24(22)14-26/h1-18,38H. The van der Waals surface area contributed by atoms with E-state index in [0.29, 0.717) is 16.8 Å². The highest BCUT2D eigenvalue weighted by Crippen LogP contribution is 2.43. The topological polar surface area (TPSA) is 71.4 Å². The molecule has 0 fully saturated rings. The largest absolute Gasteiger partial charge is 0.300 e. The van der Waals surface area contributed by atoms with Crippen LogP contribution in [0.5, 0.6) is 0 Å². The molecule has 0 atom stereocenters. The van der Waals surface area contributed by atoms with E-state index >= 15 is 0 Å². The van der Waals surface area contributed by atoms with E-state index in [2.05, 4.69) is 60.7 Å². The molecule has 6 aromatic rings. The number of rotatable bonds is 2. The molecule has 3 heteroatoms. The molecule has 0 aliphatic heterocycles. The highest BCUT2D eigenvalue weighted by atomic mass is 14.5. The van der Waals surface area contributed by atoms with E-state index in [1.165, 1.54) is 0 Å². The normalized spacial score (nSPS) is 11.7. The van der Waals surface area contributed by atoms with Crippen LogP contribution in [-0.4, -0.2) is 5.71 Å². The second-order valence-electron chi connectivity index (χ2n) is 9.61. The quantitative estimate of drug-likeness (QED) is 0.269. The summed E-state index contributed by atoms with van der Waals surface area (Å²) in [4.78, 5) is 0. The average Bonchev–Trinajstić information content (AvgIpc) is 3.24. The molecule has 0 amide bonds. The molecule has 3 nitrogen and oxygen atoms in total. The van der Waals surface area contributed by atoms with Crippen LogP contribution in [0.2, 0.25) is 0 Å². The van der Waals surface area contributed by atoms with E-state index in [0.717, 1.165) is 66.1 Å². The summed E-state index contributed by atoms with van der Waals surface area (Å²) in [5, 5.41) is 33.5. The summed E-state index contributed by atoms with van der Waals surface area (Å²) in [5.74, 6) is 0. The van der Waals surface area contributed by atoms with Gasteiger partial charge in [0.2, 0.25) is 0 Å². The summed E-state index contributed by atoms with van der Waals surface area (Å²) in [7, 11) is 0. The van der Waals surface area contributed by atoms with Gasteiger partial charge in [-0.15, -0.1) is 0 Å². The zero-order valence-corrected chi connectivity index (χ0v) is 20.3. The van der Waals surface area contributed by atoms with Crippen molar-refractivity contribution in [3.05, 3.63) is 131 Å². The number of hydrogen-bond acceptors (Lipinski definition) is 3. The van der Waals surface area contributed by atoms with Gasteiger partial charge >= 0.3 is 0 Å². The maximum atomic E-state index is 10.0. The number of hydrogen-bond donors (Lipinski definition) is 1. The van der Waals surface area contributed by atoms with Crippen molar-refractivity contribution in [2.24, 2.45) is 0 Å². The minimum atomic E-state index is 0.345. The van der Waals surface area contributed by atoms with Gasteiger partial charge in [0, 0.05) is 22.3 Å². The van der Waals surface area contributed by atoms with E-state index in [4.69, 9.17) is 5.41 Å². The fraction of sp³-hybridized carbons (Fsp3) is 0. The van der Waals surface area contributed by atoms with Crippen molar-refractivity contribution in [3.63, 3.8) is 0 Å². The fourth-order valence-corrected chi connectivity index (χ4v) is 5.58. The molecule has 174 valence electrons. The first-order valence-electron chi connectivity index (χ1n) is 12.4. The van der Waals surface area contributed by atoms with Crippen LogP contribution in [0.25, 0.3) is 54.9 Å². The molecule has 0 saturated carbocycles. The molecule has 0 bridgehead atoms. The lowest BCUT2D eigenvalue weighted by molar-refractivity contribution is 1.46. The van der Waals surface area contributed by atoms with Gasteiger partial charge in [0.05, 0.1) is 29.0 Å². The minimum Gasteiger partial charge on any atom is -0.300 e. The lowest BCUT2D eigenvalue weighted by atomic mass is 9.91. The van der Waals surface area contributed by atoms with Gasteiger partial charge in [-0.2, -0.15) is 10.5 Å². The number of benzene rings is 6. The first-order chi connectivity index (χ1) is 18.6. The van der Waals surface area contributed by atoms with E-state index in [1.54, 1.807) is 0 Å². The highest BCUT2D eigenvalue weighted by Gasteiger charge is 2.28. The predicted octanol–water partition coefficient (Wildman–Crippen LogP) is 8.47. The number of fused-ring (bicyclic) bond motifs is 5. The molecule has 0 heterocycles. The lowest BCUT2D eigenvalue weighted by Gasteiger charge is -2.11. The lowest BCUT2D eigenvalue weighted by Crippen LogP contribution is -1.98. The molecule has 1 N–H and O–H groups in total. The first kappa shape index (κ1) is 21.7. The van der Waals surface area contributed by atoms with E-state index in [-0.39, 0.29) is 0 Å². The molecule has 0 unspecified atom stereocenters. The molecular weight excluding hydrogens is 462 g/mol. The fourth-order valence-electron chi connectivity index (χ4n) is 5.58. The Labute approximate surface area is 220 Å². The summed E-state index contributed by atoms with van der Waals surface area (Å²) >= 11 is 0. The molecule has 0 spiro atoms. The number of nitriles is 2. The van der Waals surface area contributed by atoms with E-state index in [9.17, 15) is 10.5 Å². The SMILES string of the molecule is N#Cc1cc2c(cc1-c1ccc3ccccc3c1)-c1cc(-c3ccc4ccccc4c3)c(C#N)cc1C2=N. The van der Waals surface area contributed by atoms with Gasteiger partial charge in [-0.25, -0.2) is 0 Å². The Bertz CT molecular complexity index is 1920. The summed E-state index contributed by atoms with van der Waals surface area (Å²) in [6.07, 6.45) is 0. The van der Waals surface area contributed by atoms with E-state index in [1.807, 2.05) is 60.7 Å². The maximum absolute atomic E-state index is 10.0. The van der Waals surface area contributed by atoms with Gasteiger partial charge in [-0.05, 0) is 80.2 Å². The summed E-state index contributed by atoms with van der Waals surface area (Å²) in [5.41, 5.74) is 8.30. The third-order valence-electron chi connectivity index (χ3n) is 7.51. The molecule has 6 aromatic carbocycles. The number of nitrogens with zero attached hydrogens (tertiary/aromatic N) is 2. The Kier molecular flexibility index (Phi) is 4.73. The molecule has 1 aliphatic rings. The highest BCUT2D eigenvalue weighted by molar-refractivity contribution is 6.24. The summed E-state index contributed by atoms with van der Waals surface area (Å²) in [6, 6.07) is 41.2. The van der Waals surface area contributed by atoms with Gasteiger partial charge in [0.1, 0.15) is 0 Å². The Morgan fingerprint density at radius 1 is 0.421 bits per heavy atom. The molecule has 0 aromatic heterocycles. The summed E-state index contributed by atoms with van der Waals surface area (Å²) in [6.45, 7) is 0. The molecular formula is C35H19N3. The molecule has 0 radical (unpaired) electrons. The third kappa shape index (κ3) is 3.24. The van der Waals surface area contributed by atoms with E-state index < -0.39 is 0 Å². The average molecular weight is 482 g/mol. The minimum absolute atomic E-state index is 0.345. The van der Waals surface area contributed by atoms with Crippen molar-refractivity contribution < 1.29 is 0 Å². The van der Waals surface area contributed by atoms with Crippen molar-refractivity contribution in [3.8, 4) is 45.5 Å². The molecule has 1 aliphatic carbocycles. The van der Waals surface area contributed by atoms with Crippen molar-refractivity contribution in [1.82, 2.24) is 0 Å². The maximum Gasteiger partial charge on any atom is 0.0998 e. The van der Waals surface area contributed by atoms with Crippen molar-refractivity contribution in [2.45, 2.75) is 0 Å². The Morgan fingerprint density at radius 3 is 1.26 bits per heavy atom. The Morgan fingerprint density at radius 2 is 0.842 bits per heavy atom. The van der Waals surface area contributed by atoms with Crippen LogP contribution in [0.1, 0.15) is 22.3 Å². The van der Waals surface area contributed by atoms with Crippen LogP contribution in [-0.2, 0) is 0 Å². The molecule has 38 heavy (non-hydrogen) atoms. The molecule has 0 saturated heterocycles. The van der Waals surface area contributed by atoms with Crippen LogP contribution in [0, 0.1) is 28.1 Å². The van der Waals surface area contributed by atoms with Crippen molar-refractivity contribution in [2.75, 3.05) is 0 Å². The van der Waals surface area contributed by atoms with Gasteiger partial charge in [-0.3, -0.25) is 5.41 Å². The second kappa shape index (κ2) is 8.27. The van der Waals surface area contributed by atoms with Crippen LogP contribution in [0.4, 0.5) is 0 Å². The first-order valence-corrected chi connectivity index (χ1v) is 12.4. The molecule has 7 rings (SSSR count). The van der Waals surface area contributed by atoms with Gasteiger partial charge in [-0.1, -0.05) is 72.8 Å².